The average Bonchev–Trinajstić information content (AvgIpc) is 2.81. The highest BCUT2D eigenvalue weighted by atomic mass is 35.5. The highest BCUT2D eigenvalue weighted by Crippen LogP contribution is 2.26. The van der Waals surface area contributed by atoms with Gasteiger partial charge >= 0.3 is 0 Å². The molecule has 1 aromatic heterocycles. The van der Waals surface area contributed by atoms with Crippen LogP contribution in [-0.4, -0.2) is 16.6 Å². The van der Waals surface area contributed by atoms with E-state index in [1.165, 1.54) is 0 Å². The number of halogens is 1. The summed E-state index contributed by atoms with van der Waals surface area (Å²) in [6.45, 7) is 2.91. The van der Waals surface area contributed by atoms with Crippen molar-refractivity contribution in [3.63, 3.8) is 0 Å². The van der Waals surface area contributed by atoms with Crippen LogP contribution in [-0.2, 0) is 17.0 Å². The standard InChI is InChI=1S/C11H15ClN2O/c1-2-9-8(6-12)7-13-11(14-9)10-4-3-5-15-10/h7,10H,2-6H2,1H3. The summed E-state index contributed by atoms with van der Waals surface area (Å²) in [4.78, 5) is 8.84. The van der Waals surface area contributed by atoms with Gasteiger partial charge in [-0.25, -0.2) is 9.97 Å². The molecule has 2 heterocycles. The molecule has 1 aliphatic rings. The quantitative estimate of drug-likeness (QED) is 0.744. The first-order chi connectivity index (χ1) is 7.35. The summed E-state index contributed by atoms with van der Waals surface area (Å²) < 4.78 is 5.55. The second-order valence-electron chi connectivity index (χ2n) is 3.69. The Morgan fingerprint density at radius 2 is 2.47 bits per heavy atom. The molecule has 1 aromatic rings. The maximum atomic E-state index is 5.81. The van der Waals surface area contributed by atoms with Crippen molar-refractivity contribution in [2.24, 2.45) is 0 Å². The Labute approximate surface area is 94.8 Å². The second kappa shape index (κ2) is 4.90. The Kier molecular flexibility index (Phi) is 3.54. The van der Waals surface area contributed by atoms with Crippen LogP contribution >= 0.6 is 11.6 Å². The third kappa shape index (κ3) is 2.29. The summed E-state index contributed by atoms with van der Waals surface area (Å²) in [5.74, 6) is 1.30. The van der Waals surface area contributed by atoms with E-state index in [9.17, 15) is 0 Å². The van der Waals surface area contributed by atoms with E-state index in [-0.39, 0.29) is 6.10 Å². The number of hydrogen-bond acceptors (Lipinski definition) is 3. The van der Waals surface area contributed by atoms with Crippen molar-refractivity contribution in [2.45, 2.75) is 38.2 Å². The molecule has 1 fully saturated rings. The van der Waals surface area contributed by atoms with Crippen molar-refractivity contribution in [2.75, 3.05) is 6.61 Å². The van der Waals surface area contributed by atoms with Crippen LogP contribution in [0, 0.1) is 0 Å². The molecule has 2 rings (SSSR count). The number of alkyl halides is 1. The third-order valence-corrected chi connectivity index (χ3v) is 2.96. The van der Waals surface area contributed by atoms with E-state index in [2.05, 4.69) is 16.9 Å². The third-order valence-electron chi connectivity index (χ3n) is 2.67. The Bertz CT molecular complexity index is 337. The number of aryl methyl sites for hydroxylation is 1. The van der Waals surface area contributed by atoms with Crippen molar-refractivity contribution in [3.05, 3.63) is 23.3 Å². The highest BCUT2D eigenvalue weighted by Gasteiger charge is 2.21. The van der Waals surface area contributed by atoms with Crippen molar-refractivity contribution in [1.29, 1.82) is 0 Å². The number of ether oxygens (including phenoxy) is 1. The maximum absolute atomic E-state index is 5.81. The molecule has 3 nitrogen and oxygen atoms in total. The minimum absolute atomic E-state index is 0.0969. The van der Waals surface area contributed by atoms with E-state index in [4.69, 9.17) is 16.3 Å². The molecule has 0 bridgehead atoms. The van der Waals surface area contributed by atoms with Gasteiger partial charge in [0.1, 0.15) is 6.10 Å². The van der Waals surface area contributed by atoms with E-state index in [1.807, 2.05) is 6.20 Å². The molecule has 1 aliphatic heterocycles. The summed E-state index contributed by atoms with van der Waals surface area (Å²) in [6, 6.07) is 0. The van der Waals surface area contributed by atoms with Crippen LogP contribution in [0.25, 0.3) is 0 Å². The summed E-state index contributed by atoms with van der Waals surface area (Å²) >= 11 is 5.81. The van der Waals surface area contributed by atoms with Crippen LogP contribution in [0.3, 0.4) is 0 Å². The topological polar surface area (TPSA) is 35.0 Å². The van der Waals surface area contributed by atoms with Crippen LogP contribution in [0.2, 0.25) is 0 Å². The molecule has 82 valence electrons. The lowest BCUT2D eigenvalue weighted by Gasteiger charge is -2.10. The van der Waals surface area contributed by atoms with Gasteiger partial charge in [0.05, 0.1) is 5.88 Å². The Balaban J connectivity index is 2.25. The molecular weight excluding hydrogens is 212 g/mol. The normalized spacial score (nSPS) is 20.8. The fourth-order valence-corrected chi connectivity index (χ4v) is 2.03. The van der Waals surface area contributed by atoms with Gasteiger partial charge in [-0.3, -0.25) is 0 Å². The Hall–Kier alpha value is -0.670. The minimum Gasteiger partial charge on any atom is -0.370 e. The zero-order chi connectivity index (χ0) is 10.7. The molecular formula is C11H15ClN2O. The summed E-state index contributed by atoms with van der Waals surface area (Å²) in [5, 5.41) is 0. The molecule has 1 unspecified atom stereocenters. The summed E-state index contributed by atoms with van der Waals surface area (Å²) in [7, 11) is 0. The minimum atomic E-state index is 0.0969. The first-order valence-corrected chi connectivity index (χ1v) is 5.90. The largest absolute Gasteiger partial charge is 0.370 e. The fourth-order valence-electron chi connectivity index (χ4n) is 1.81. The Morgan fingerprint density at radius 1 is 1.60 bits per heavy atom. The van der Waals surface area contributed by atoms with Crippen molar-refractivity contribution < 1.29 is 4.74 Å². The molecule has 1 atom stereocenters. The van der Waals surface area contributed by atoms with Gasteiger partial charge in [-0.05, 0) is 19.3 Å². The average molecular weight is 227 g/mol. The van der Waals surface area contributed by atoms with Crippen LogP contribution in [0.5, 0.6) is 0 Å². The van der Waals surface area contributed by atoms with Gasteiger partial charge in [0.25, 0.3) is 0 Å². The van der Waals surface area contributed by atoms with E-state index in [1.54, 1.807) is 0 Å². The van der Waals surface area contributed by atoms with Crippen LogP contribution < -0.4 is 0 Å². The lowest BCUT2D eigenvalue weighted by atomic mass is 10.2. The number of hydrogen-bond donors (Lipinski definition) is 0. The van der Waals surface area contributed by atoms with Gasteiger partial charge in [0, 0.05) is 24.1 Å². The maximum Gasteiger partial charge on any atom is 0.157 e. The lowest BCUT2D eigenvalue weighted by Crippen LogP contribution is -2.07. The number of nitrogens with zero attached hydrogens (tertiary/aromatic N) is 2. The molecule has 0 aromatic carbocycles. The molecule has 1 saturated heterocycles. The van der Waals surface area contributed by atoms with Gasteiger partial charge in [0.15, 0.2) is 5.82 Å². The van der Waals surface area contributed by atoms with Crippen LogP contribution in [0.15, 0.2) is 6.20 Å². The number of rotatable bonds is 3. The monoisotopic (exact) mass is 226 g/mol. The molecule has 0 saturated carbocycles. The predicted octanol–water partition coefficient (Wildman–Crippen LogP) is 2.63. The Morgan fingerprint density at radius 3 is 3.07 bits per heavy atom. The molecule has 15 heavy (non-hydrogen) atoms. The zero-order valence-electron chi connectivity index (χ0n) is 8.87. The zero-order valence-corrected chi connectivity index (χ0v) is 9.63. The molecule has 0 N–H and O–H groups in total. The first-order valence-electron chi connectivity index (χ1n) is 5.37. The van der Waals surface area contributed by atoms with Gasteiger partial charge in [0.2, 0.25) is 0 Å². The van der Waals surface area contributed by atoms with Crippen molar-refractivity contribution in [3.8, 4) is 0 Å². The predicted molar refractivity (Wildman–Crippen MR) is 58.9 cm³/mol. The van der Waals surface area contributed by atoms with E-state index in [0.29, 0.717) is 5.88 Å². The van der Waals surface area contributed by atoms with Crippen molar-refractivity contribution in [1.82, 2.24) is 9.97 Å². The van der Waals surface area contributed by atoms with Gasteiger partial charge in [-0.2, -0.15) is 0 Å². The molecule has 0 aliphatic carbocycles. The van der Waals surface area contributed by atoms with Gasteiger partial charge in [-0.15, -0.1) is 11.6 Å². The molecule has 0 spiro atoms. The molecule has 4 heteroatoms. The molecule has 0 radical (unpaired) electrons. The summed E-state index contributed by atoms with van der Waals surface area (Å²) in [6.07, 6.45) is 4.95. The van der Waals surface area contributed by atoms with Gasteiger partial charge < -0.3 is 4.74 Å². The lowest BCUT2D eigenvalue weighted by molar-refractivity contribution is 0.105. The number of aromatic nitrogens is 2. The molecule has 0 amide bonds. The van der Waals surface area contributed by atoms with Crippen LogP contribution in [0.4, 0.5) is 0 Å². The van der Waals surface area contributed by atoms with E-state index < -0.39 is 0 Å². The van der Waals surface area contributed by atoms with Gasteiger partial charge in [-0.1, -0.05) is 6.92 Å². The summed E-state index contributed by atoms with van der Waals surface area (Å²) in [5.41, 5.74) is 2.08. The SMILES string of the molecule is CCc1nc(C2CCCO2)ncc1CCl. The second-order valence-corrected chi connectivity index (χ2v) is 3.96. The van der Waals surface area contributed by atoms with Crippen LogP contribution in [0.1, 0.15) is 43.0 Å². The first kappa shape index (κ1) is 10.8. The fraction of sp³-hybridized carbons (Fsp3) is 0.636. The highest BCUT2D eigenvalue weighted by molar-refractivity contribution is 6.17. The van der Waals surface area contributed by atoms with Crippen molar-refractivity contribution >= 4 is 11.6 Å². The van der Waals surface area contributed by atoms with E-state index in [0.717, 1.165) is 43.0 Å². The smallest absolute Gasteiger partial charge is 0.157 e. The van der Waals surface area contributed by atoms with E-state index >= 15 is 0 Å².